The summed E-state index contributed by atoms with van der Waals surface area (Å²) in [4.78, 5) is 26.5. The van der Waals surface area contributed by atoms with Gasteiger partial charge < -0.3 is 24.2 Å². The van der Waals surface area contributed by atoms with Crippen molar-refractivity contribution in [3.8, 4) is 17.2 Å². The molecule has 1 atom stereocenters. The summed E-state index contributed by atoms with van der Waals surface area (Å²) in [7, 11) is 1.55. The van der Waals surface area contributed by atoms with Crippen LogP contribution in [0, 0.1) is 0 Å². The molecule has 7 heteroatoms. The number of amides is 1. The Morgan fingerprint density at radius 1 is 1.10 bits per heavy atom. The van der Waals surface area contributed by atoms with E-state index in [4.69, 9.17) is 14.2 Å². The maximum absolute atomic E-state index is 12.7. The van der Waals surface area contributed by atoms with Crippen molar-refractivity contribution in [2.75, 3.05) is 26.9 Å². The molecule has 2 aliphatic heterocycles. The first-order chi connectivity index (χ1) is 14.5. The van der Waals surface area contributed by atoms with Crippen LogP contribution in [-0.2, 0) is 9.59 Å². The van der Waals surface area contributed by atoms with Gasteiger partial charge in [-0.05, 0) is 42.3 Å². The van der Waals surface area contributed by atoms with Crippen molar-refractivity contribution in [3.63, 3.8) is 0 Å². The van der Waals surface area contributed by atoms with Crippen LogP contribution in [0.4, 0.5) is 0 Å². The summed E-state index contributed by atoms with van der Waals surface area (Å²) in [6.45, 7) is 3.49. The number of ether oxygens (including phenoxy) is 3. The van der Waals surface area contributed by atoms with E-state index in [0.717, 1.165) is 6.42 Å². The van der Waals surface area contributed by atoms with Gasteiger partial charge in [-0.15, -0.1) is 0 Å². The molecule has 2 heterocycles. The quantitative estimate of drug-likeness (QED) is 0.463. The highest BCUT2D eigenvalue weighted by atomic mass is 16.6. The van der Waals surface area contributed by atoms with Crippen LogP contribution >= 0.6 is 0 Å². The minimum Gasteiger partial charge on any atom is -0.507 e. The van der Waals surface area contributed by atoms with Gasteiger partial charge in [0, 0.05) is 12.6 Å². The molecule has 2 aromatic carbocycles. The van der Waals surface area contributed by atoms with Crippen LogP contribution in [0.15, 0.2) is 48.0 Å². The lowest BCUT2D eigenvalue weighted by Crippen LogP contribution is -2.24. The molecular weight excluding hydrogens is 386 g/mol. The number of likely N-dealkylation sites (tertiary alicyclic amines) is 1. The molecule has 1 saturated heterocycles. The standard InChI is InChI=1S/C23H23NO6/c1-3-10-28-16-7-4-14(5-8-16)20-19(22(26)23(27)24(20)2)21(25)15-6-9-17-18(13-15)30-12-11-29-17/h4-9,13,20,25H,3,10-12H2,1-2H3/b21-19+. The first-order valence-electron chi connectivity index (χ1n) is 9.88. The van der Waals surface area contributed by atoms with E-state index in [1.54, 1.807) is 49.5 Å². The molecule has 7 nitrogen and oxygen atoms in total. The Labute approximate surface area is 174 Å². The SMILES string of the molecule is CCCOc1ccc(C2/C(=C(\O)c3ccc4c(c3)OCCO4)C(=O)C(=O)N2C)cc1. The molecule has 156 valence electrons. The third-order valence-corrected chi connectivity index (χ3v) is 5.16. The van der Waals surface area contributed by atoms with Crippen LogP contribution in [0.1, 0.15) is 30.5 Å². The summed E-state index contributed by atoms with van der Waals surface area (Å²) in [6.07, 6.45) is 0.895. The van der Waals surface area contributed by atoms with Crippen molar-refractivity contribution in [2.24, 2.45) is 0 Å². The maximum Gasteiger partial charge on any atom is 0.295 e. The number of rotatable bonds is 5. The Hall–Kier alpha value is -3.48. The summed E-state index contributed by atoms with van der Waals surface area (Å²) in [6, 6.07) is 11.4. The van der Waals surface area contributed by atoms with E-state index in [2.05, 4.69) is 0 Å². The van der Waals surface area contributed by atoms with Gasteiger partial charge in [-0.3, -0.25) is 9.59 Å². The largest absolute Gasteiger partial charge is 0.507 e. The summed E-state index contributed by atoms with van der Waals surface area (Å²) in [5.41, 5.74) is 1.14. The van der Waals surface area contributed by atoms with Gasteiger partial charge in [0.2, 0.25) is 0 Å². The zero-order valence-corrected chi connectivity index (χ0v) is 16.9. The number of likely N-dealkylation sites (N-methyl/N-ethyl adjacent to an activating group) is 1. The van der Waals surface area contributed by atoms with E-state index in [0.29, 0.717) is 48.2 Å². The van der Waals surface area contributed by atoms with Gasteiger partial charge in [0.1, 0.15) is 24.7 Å². The number of hydrogen-bond acceptors (Lipinski definition) is 6. The van der Waals surface area contributed by atoms with Gasteiger partial charge in [0.15, 0.2) is 11.5 Å². The lowest BCUT2D eigenvalue weighted by molar-refractivity contribution is -0.139. The van der Waals surface area contributed by atoms with Crippen molar-refractivity contribution in [1.82, 2.24) is 4.90 Å². The molecule has 0 radical (unpaired) electrons. The minimum absolute atomic E-state index is 0.0430. The molecule has 1 unspecified atom stereocenters. The fourth-order valence-corrected chi connectivity index (χ4v) is 3.65. The molecule has 0 aliphatic carbocycles. The second kappa shape index (κ2) is 8.10. The first kappa shape index (κ1) is 19.8. The molecule has 4 rings (SSSR count). The summed E-state index contributed by atoms with van der Waals surface area (Å²) < 4.78 is 16.7. The zero-order chi connectivity index (χ0) is 21.3. The Morgan fingerprint density at radius 2 is 1.80 bits per heavy atom. The molecule has 2 aromatic rings. The third-order valence-electron chi connectivity index (χ3n) is 5.16. The Morgan fingerprint density at radius 3 is 2.50 bits per heavy atom. The van der Waals surface area contributed by atoms with Gasteiger partial charge in [-0.1, -0.05) is 19.1 Å². The smallest absolute Gasteiger partial charge is 0.295 e. The minimum atomic E-state index is -0.721. The molecule has 30 heavy (non-hydrogen) atoms. The third kappa shape index (κ3) is 3.47. The van der Waals surface area contributed by atoms with Crippen molar-refractivity contribution >= 4 is 17.4 Å². The molecule has 1 amide bonds. The Bertz CT molecular complexity index is 1010. The Kier molecular flexibility index (Phi) is 5.35. The van der Waals surface area contributed by atoms with Crippen LogP contribution in [0.2, 0.25) is 0 Å². The average molecular weight is 409 g/mol. The second-order valence-corrected chi connectivity index (χ2v) is 7.19. The number of aliphatic hydroxyl groups is 1. The van der Waals surface area contributed by atoms with E-state index in [1.165, 1.54) is 4.90 Å². The van der Waals surface area contributed by atoms with Crippen molar-refractivity contribution < 1.29 is 28.9 Å². The number of fused-ring (bicyclic) bond motifs is 1. The van der Waals surface area contributed by atoms with Crippen LogP contribution in [-0.4, -0.2) is 48.6 Å². The number of nitrogens with zero attached hydrogens (tertiary/aromatic N) is 1. The van der Waals surface area contributed by atoms with Gasteiger partial charge in [-0.2, -0.15) is 0 Å². The fraction of sp³-hybridized carbons (Fsp3) is 0.304. The number of carbonyl (C=O) groups excluding carboxylic acids is 2. The topological polar surface area (TPSA) is 85.3 Å². The monoisotopic (exact) mass is 409 g/mol. The van der Waals surface area contributed by atoms with Gasteiger partial charge in [-0.25, -0.2) is 0 Å². The van der Waals surface area contributed by atoms with E-state index in [-0.39, 0.29) is 11.3 Å². The zero-order valence-electron chi connectivity index (χ0n) is 16.9. The molecule has 0 spiro atoms. The molecule has 2 aliphatic rings. The van der Waals surface area contributed by atoms with Crippen molar-refractivity contribution in [3.05, 3.63) is 59.2 Å². The molecular formula is C23H23NO6. The van der Waals surface area contributed by atoms with E-state index >= 15 is 0 Å². The average Bonchev–Trinajstić information content (AvgIpc) is 3.01. The normalized spacial score (nSPS) is 19.8. The maximum atomic E-state index is 12.7. The summed E-state index contributed by atoms with van der Waals surface area (Å²) in [5.74, 6) is 0.149. The molecule has 0 saturated carbocycles. The predicted molar refractivity (Wildman–Crippen MR) is 110 cm³/mol. The number of hydrogen-bond donors (Lipinski definition) is 1. The lowest BCUT2D eigenvalue weighted by atomic mass is 9.95. The van der Waals surface area contributed by atoms with Crippen LogP contribution in [0.3, 0.4) is 0 Å². The van der Waals surface area contributed by atoms with Gasteiger partial charge in [0.25, 0.3) is 11.7 Å². The highest BCUT2D eigenvalue weighted by molar-refractivity contribution is 6.46. The predicted octanol–water partition coefficient (Wildman–Crippen LogP) is 3.30. The highest BCUT2D eigenvalue weighted by Gasteiger charge is 2.44. The van der Waals surface area contributed by atoms with E-state index in [1.807, 2.05) is 6.92 Å². The summed E-state index contributed by atoms with van der Waals surface area (Å²) in [5, 5.41) is 11.0. The number of benzene rings is 2. The van der Waals surface area contributed by atoms with Crippen LogP contribution < -0.4 is 14.2 Å². The Balaban J connectivity index is 1.74. The van der Waals surface area contributed by atoms with Crippen molar-refractivity contribution in [1.29, 1.82) is 0 Å². The van der Waals surface area contributed by atoms with Crippen molar-refractivity contribution in [2.45, 2.75) is 19.4 Å². The molecule has 1 fully saturated rings. The van der Waals surface area contributed by atoms with E-state index < -0.39 is 17.7 Å². The van der Waals surface area contributed by atoms with Crippen LogP contribution in [0.5, 0.6) is 17.2 Å². The van der Waals surface area contributed by atoms with Gasteiger partial charge >= 0.3 is 0 Å². The van der Waals surface area contributed by atoms with Gasteiger partial charge in [0.05, 0.1) is 18.2 Å². The van der Waals surface area contributed by atoms with Crippen LogP contribution in [0.25, 0.3) is 5.76 Å². The highest BCUT2D eigenvalue weighted by Crippen LogP contribution is 2.40. The first-order valence-corrected chi connectivity index (χ1v) is 9.88. The number of aliphatic hydroxyl groups excluding tert-OH is 1. The number of ketones is 1. The van der Waals surface area contributed by atoms with E-state index in [9.17, 15) is 14.7 Å². The number of carbonyl (C=O) groups is 2. The molecule has 0 bridgehead atoms. The second-order valence-electron chi connectivity index (χ2n) is 7.19. The molecule has 1 N–H and O–H groups in total. The lowest BCUT2D eigenvalue weighted by Gasteiger charge is -2.22. The fourth-order valence-electron chi connectivity index (χ4n) is 3.65. The number of Topliss-reactive ketones (excluding diaryl/α,β-unsaturated/α-hetero) is 1. The molecule has 0 aromatic heterocycles. The summed E-state index contributed by atoms with van der Waals surface area (Å²) >= 11 is 0.